The van der Waals surface area contributed by atoms with Gasteiger partial charge in [0.2, 0.25) is 5.16 Å². The summed E-state index contributed by atoms with van der Waals surface area (Å²) in [5, 5.41) is 23.3. The van der Waals surface area contributed by atoms with Crippen molar-refractivity contribution in [1.82, 2.24) is 25.2 Å². The zero-order valence-corrected chi connectivity index (χ0v) is 12.1. The highest BCUT2D eigenvalue weighted by Crippen LogP contribution is 2.35. The third kappa shape index (κ3) is 2.69. The van der Waals surface area contributed by atoms with E-state index in [1.165, 1.54) is 24.6 Å². The fourth-order valence-corrected chi connectivity index (χ4v) is 3.52. The van der Waals surface area contributed by atoms with Crippen LogP contribution < -0.4 is 0 Å². The average Bonchev–Trinajstić information content (AvgIpc) is 3.09. The van der Waals surface area contributed by atoms with Gasteiger partial charge in [-0.2, -0.15) is 0 Å². The van der Waals surface area contributed by atoms with Crippen LogP contribution in [0.3, 0.4) is 0 Å². The van der Waals surface area contributed by atoms with Crippen LogP contribution in [0.5, 0.6) is 0 Å². The van der Waals surface area contributed by atoms with E-state index in [0.717, 1.165) is 28.6 Å². The van der Waals surface area contributed by atoms with Gasteiger partial charge in [0.1, 0.15) is 5.03 Å². The van der Waals surface area contributed by atoms with Crippen molar-refractivity contribution in [3.05, 3.63) is 23.9 Å². The number of aliphatic hydroxyl groups excluding tert-OH is 1. The van der Waals surface area contributed by atoms with Gasteiger partial charge in [-0.3, -0.25) is 0 Å². The molecule has 0 amide bonds. The molecule has 1 aliphatic rings. The summed E-state index contributed by atoms with van der Waals surface area (Å²) in [5.74, 6) is 0. The minimum Gasteiger partial charge on any atom is -0.389 e. The summed E-state index contributed by atoms with van der Waals surface area (Å²) in [5.41, 5.74) is 0.804. The lowest BCUT2D eigenvalue weighted by Crippen LogP contribution is -2.08. The molecule has 2 aromatic heterocycles. The highest BCUT2D eigenvalue weighted by atomic mass is 32.2. The number of hydrogen-bond acceptors (Lipinski definition) is 6. The smallest absolute Gasteiger partial charge is 0.215 e. The Balaban J connectivity index is 1.87. The first-order valence-corrected chi connectivity index (χ1v) is 7.66. The summed E-state index contributed by atoms with van der Waals surface area (Å²) in [4.78, 5) is 4.34. The molecule has 7 heteroatoms. The second-order valence-corrected chi connectivity index (χ2v) is 5.98. The van der Waals surface area contributed by atoms with Crippen LogP contribution in [0.1, 0.15) is 50.3 Å². The van der Waals surface area contributed by atoms with Crippen molar-refractivity contribution in [2.45, 2.75) is 54.9 Å². The molecule has 1 saturated carbocycles. The summed E-state index contributed by atoms with van der Waals surface area (Å²) in [6.45, 7) is 1.74. The first-order valence-electron chi connectivity index (χ1n) is 6.84. The van der Waals surface area contributed by atoms with Crippen LogP contribution in [0.25, 0.3) is 0 Å². The Kier molecular flexibility index (Phi) is 3.98. The molecule has 0 aliphatic heterocycles. The maximum atomic E-state index is 9.80. The minimum atomic E-state index is -0.554. The number of hydrogen-bond donors (Lipinski definition) is 1. The normalized spacial score (nSPS) is 17.5. The van der Waals surface area contributed by atoms with E-state index in [2.05, 4.69) is 20.5 Å². The van der Waals surface area contributed by atoms with E-state index in [9.17, 15) is 5.11 Å². The second kappa shape index (κ2) is 5.88. The van der Waals surface area contributed by atoms with Crippen molar-refractivity contribution in [2.24, 2.45) is 0 Å². The molecule has 1 atom stereocenters. The van der Waals surface area contributed by atoms with Gasteiger partial charge >= 0.3 is 0 Å². The van der Waals surface area contributed by atoms with E-state index in [-0.39, 0.29) is 0 Å². The second-order valence-electron chi connectivity index (χ2n) is 5.02. The first kappa shape index (κ1) is 13.5. The fraction of sp³-hybridized carbons (Fsp3) is 0.538. The topological polar surface area (TPSA) is 76.7 Å². The average molecular weight is 291 g/mol. The lowest BCUT2D eigenvalue weighted by Gasteiger charge is -2.12. The third-order valence-electron chi connectivity index (χ3n) is 3.57. The SMILES string of the molecule is CC(O)c1cccnc1Sc1nnnn1C1CCCC1. The van der Waals surface area contributed by atoms with Gasteiger partial charge in [0.25, 0.3) is 0 Å². The van der Waals surface area contributed by atoms with Crippen molar-refractivity contribution < 1.29 is 5.11 Å². The van der Waals surface area contributed by atoms with Crippen LogP contribution in [0, 0.1) is 0 Å². The molecule has 106 valence electrons. The number of pyridine rings is 1. The Labute approximate surface area is 121 Å². The maximum absolute atomic E-state index is 9.80. The van der Waals surface area contributed by atoms with Gasteiger partial charge < -0.3 is 5.11 Å². The summed E-state index contributed by atoms with van der Waals surface area (Å²) >= 11 is 1.42. The van der Waals surface area contributed by atoms with Crippen LogP contribution in [-0.4, -0.2) is 30.3 Å². The Morgan fingerprint density at radius 1 is 1.40 bits per heavy atom. The van der Waals surface area contributed by atoms with E-state index in [4.69, 9.17) is 0 Å². The van der Waals surface area contributed by atoms with Gasteiger partial charge in [0, 0.05) is 11.8 Å². The van der Waals surface area contributed by atoms with Crippen LogP contribution in [0.2, 0.25) is 0 Å². The van der Waals surface area contributed by atoms with Gasteiger partial charge in [-0.25, -0.2) is 9.67 Å². The number of rotatable bonds is 4. The zero-order valence-electron chi connectivity index (χ0n) is 11.3. The maximum Gasteiger partial charge on any atom is 0.215 e. The molecule has 1 unspecified atom stereocenters. The molecule has 1 N–H and O–H groups in total. The molecule has 1 aliphatic carbocycles. The number of aromatic nitrogens is 5. The van der Waals surface area contributed by atoms with E-state index < -0.39 is 6.10 Å². The molecule has 1 fully saturated rings. The highest BCUT2D eigenvalue weighted by Gasteiger charge is 2.23. The molecule has 20 heavy (non-hydrogen) atoms. The zero-order chi connectivity index (χ0) is 13.9. The minimum absolute atomic E-state index is 0.395. The molecule has 0 saturated heterocycles. The molecule has 0 spiro atoms. The van der Waals surface area contributed by atoms with E-state index in [0.29, 0.717) is 6.04 Å². The van der Waals surface area contributed by atoms with E-state index in [1.807, 2.05) is 16.8 Å². The monoisotopic (exact) mass is 291 g/mol. The number of tetrazole rings is 1. The van der Waals surface area contributed by atoms with Gasteiger partial charge in [-0.05, 0) is 48.0 Å². The van der Waals surface area contributed by atoms with Gasteiger partial charge in [0.15, 0.2) is 0 Å². The molecule has 0 aromatic carbocycles. The predicted octanol–water partition coefficient (Wildman–Crippen LogP) is 2.39. The van der Waals surface area contributed by atoms with E-state index >= 15 is 0 Å². The molecule has 2 aromatic rings. The van der Waals surface area contributed by atoms with Crippen molar-refractivity contribution in [3.63, 3.8) is 0 Å². The summed E-state index contributed by atoms with van der Waals surface area (Å²) in [6, 6.07) is 4.10. The Bertz CT molecular complexity index is 580. The van der Waals surface area contributed by atoms with Gasteiger partial charge in [-0.15, -0.1) is 5.10 Å². The predicted molar refractivity (Wildman–Crippen MR) is 74.3 cm³/mol. The molecular weight excluding hydrogens is 274 g/mol. The largest absolute Gasteiger partial charge is 0.389 e. The van der Waals surface area contributed by atoms with Crippen molar-refractivity contribution >= 4 is 11.8 Å². The Morgan fingerprint density at radius 2 is 2.20 bits per heavy atom. The number of aliphatic hydroxyl groups is 1. The standard InChI is InChI=1S/C13H17N5OS/c1-9(19)11-7-4-8-14-12(11)20-13-15-16-17-18(13)10-5-2-3-6-10/h4,7-10,19H,2-3,5-6H2,1H3. The summed E-state index contributed by atoms with van der Waals surface area (Å²) in [6.07, 6.45) is 5.89. The Morgan fingerprint density at radius 3 is 2.95 bits per heavy atom. The lowest BCUT2D eigenvalue weighted by molar-refractivity contribution is 0.195. The van der Waals surface area contributed by atoms with Gasteiger partial charge in [0.05, 0.1) is 12.1 Å². The van der Waals surface area contributed by atoms with Crippen LogP contribution in [0.4, 0.5) is 0 Å². The molecule has 0 bridgehead atoms. The molecular formula is C13H17N5OS. The number of nitrogens with zero attached hydrogens (tertiary/aromatic N) is 5. The van der Waals surface area contributed by atoms with Crippen LogP contribution in [-0.2, 0) is 0 Å². The summed E-state index contributed by atoms with van der Waals surface area (Å²) < 4.78 is 1.90. The molecule has 2 heterocycles. The van der Waals surface area contributed by atoms with Crippen molar-refractivity contribution in [3.8, 4) is 0 Å². The fourth-order valence-electron chi connectivity index (χ4n) is 2.52. The summed E-state index contributed by atoms with van der Waals surface area (Å²) in [7, 11) is 0. The molecule has 0 radical (unpaired) electrons. The third-order valence-corrected chi connectivity index (χ3v) is 4.56. The first-order chi connectivity index (χ1) is 9.75. The molecule has 6 nitrogen and oxygen atoms in total. The van der Waals surface area contributed by atoms with Crippen LogP contribution >= 0.6 is 11.8 Å². The van der Waals surface area contributed by atoms with Gasteiger partial charge in [-0.1, -0.05) is 18.9 Å². The van der Waals surface area contributed by atoms with Crippen molar-refractivity contribution in [1.29, 1.82) is 0 Å². The van der Waals surface area contributed by atoms with E-state index in [1.54, 1.807) is 13.1 Å². The van der Waals surface area contributed by atoms with Crippen molar-refractivity contribution in [2.75, 3.05) is 0 Å². The quantitative estimate of drug-likeness (QED) is 0.932. The Hall–Kier alpha value is -1.47. The lowest BCUT2D eigenvalue weighted by atomic mass is 10.2. The molecule has 3 rings (SSSR count). The van der Waals surface area contributed by atoms with Crippen LogP contribution in [0.15, 0.2) is 28.5 Å². The highest BCUT2D eigenvalue weighted by molar-refractivity contribution is 7.99.